The van der Waals surface area contributed by atoms with Gasteiger partial charge < -0.3 is 50.7 Å². The summed E-state index contributed by atoms with van der Waals surface area (Å²) in [5, 5.41) is 10.4. The van der Waals surface area contributed by atoms with E-state index in [1.807, 2.05) is 0 Å². The van der Waals surface area contributed by atoms with E-state index in [1.54, 1.807) is 11.8 Å². The minimum Gasteiger partial charge on any atom is -0.747 e. The van der Waals surface area contributed by atoms with Crippen LogP contribution in [-0.4, -0.2) is 172 Å². The van der Waals surface area contributed by atoms with Crippen molar-refractivity contribution < 1.29 is 147 Å². The summed E-state index contributed by atoms with van der Waals surface area (Å²) < 4.78 is 67.3. The molecule has 4 heterocycles. The Morgan fingerprint density at radius 1 is 0.697 bits per heavy atom. The molecule has 5 atom stereocenters. The summed E-state index contributed by atoms with van der Waals surface area (Å²) in [6.45, 7) is -0.959. The zero-order valence-corrected chi connectivity index (χ0v) is 43.3. The van der Waals surface area contributed by atoms with Crippen LogP contribution in [0.2, 0.25) is 0 Å². The van der Waals surface area contributed by atoms with Crippen LogP contribution in [0.15, 0.2) is 0 Å². The van der Waals surface area contributed by atoms with Crippen molar-refractivity contribution in [3.63, 3.8) is 0 Å². The van der Waals surface area contributed by atoms with Gasteiger partial charge in [-0.1, -0.05) is 28.0 Å². The second-order valence-electron chi connectivity index (χ2n) is 14.0. The van der Waals surface area contributed by atoms with Gasteiger partial charge in [0.15, 0.2) is 6.04 Å². The number of amides is 10. The first-order valence-corrected chi connectivity index (χ1v) is 25.6. The maximum atomic E-state index is 13.0. The smallest absolute Gasteiger partial charge is 0.747 e. The number of fused-ring (bicyclic) bond motifs is 1. The van der Waals surface area contributed by atoms with E-state index in [4.69, 9.17) is 0 Å². The predicted octanol–water partition coefficient (Wildman–Crippen LogP) is -10.6. The van der Waals surface area contributed by atoms with Crippen molar-refractivity contribution in [2.75, 3.05) is 36.9 Å². The number of nitrogens with zero attached hydrogens (tertiary/aromatic N) is 2. The molecule has 0 saturated carbocycles. The van der Waals surface area contributed by atoms with Crippen molar-refractivity contribution >= 4 is 119 Å². The molecule has 5 unspecified atom stereocenters. The van der Waals surface area contributed by atoms with Gasteiger partial charge in [0.05, 0.1) is 37.8 Å². The van der Waals surface area contributed by atoms with Crippen LogP contribution in [0, 0.1) is 0 Å². The zero-order valence-electron chi connectivity index (χ0n) is 35.3. The Labute approximate surface area is 433 Å². The molecule has 4 saturated heterocycles. The summed E-state index contributed by atoms with van der Waals surface area (Å²) >= 11 is 1.80. The van der Waals surface area contributed by atoms with Crippen molar-refractivity contribution in [2.24, 2.45) is 0 Å². The number of nitrogens with one attached hydrogen (secondary N) is 6. The standard InChI is InChI=1S/C32H44N8O19S5.2Na/c41-20(4-2-1-3-17-26-16(15-60-17)36-32(51)38-26)33-10-12-62-61-11-7-21(42)37-27(28(47)34-8-5-24(45)58-39-22(43)13-18(30(39)49)63(52,53)54)29(48)35-9-6-25(46)59-40-23(44)14-19(31(40)50)64(55,56)57;;/h16-19,26-27H,1-15H2,(H,33,41)(H,34,47)(H,35,48)(H,37,42)(H2,36,38,51)(H,52,53,54)(H,55,56,57);;/q;2*+1/p-2. The number of rotatable bonds is 25. The van der Waals surface area contributed by atoms with E-state index in [0.717, 1.165) is 18.6 Å². The summed E-state index contributed by atoms with van der Waals surface area (Å²) in [5.74, 6) is -10.4. The molecule has 356 valence electrons. The molecule has 10 amide bonds. The average molecular weight is 1050 g/mol. The van der Waals surface area contributed by atoms with Crippen molar-refractivity contribution in [2.45, 2.75) is 91.7 Å². The minimum atomic E-state index is -5.25. The summed E-state index contributed by atoms with van der Waals surface area (Å²) in [6, 6.07) is -1.96. The molecule has 0 aromatic heterocycles. The number of imide groups is 2. The monoisotopic (exact) mass is 1050 g/mol. The van der Waals surface area contributed by atoms with E-state index in [0.29, 0.717) is 30.4 Å². The summed E-state index contributed by atoms with van der Waals surface area (Å²) in [7, 11) is -7.94. The maximum Gasteiger partial charge on any atom is 1.00 e. The number of hydroxylamine groups is 4. The fraction of sp³-hybridized carbons (Fsp3) is 0.656. The largest absolute Gasteiger partial charge is 1.00 e. The van der Waals surface area contributed by atoms with Crippen molar-refractivity contribution in [3.05, 3.63) is 0 Å². The SMILES string of the molecule is O=C(CCCCC1SCC2NC(=O)NC21)NCCSSCCC(=O)NC(C(=O)NCCC(=O)ON1C(=O)CC(S(=O)(=O)[O-])C1=O)C(=O)NCCC(=O)ON1C(=O)CC(S(=O)(=O)[O-])C1=O.[Na+].[Na+]. The fourth-order valence-corrected chi connectivity index (χ4v) is 11.0. The fourth-order valence-electron chi connectivity index (χ4n) is 6.21. The van der Waals surface area contributed by atoms with Gasteiger partial charge in [0.25, 0.3) is 35.4 Å². The second kappa shape index (κ2) is 27.4. The van der Waals surface area contributed by atoms with Crippen LogP contribution in [-0.2, 0) is 77.9 Å². The molecule has 6 N–H and O–H groups in total. The quantitative estimate of drug-likeness (QED) is 0.00940. The van der Waals surface area contributed by atoms with Crippen molar-refractivity contribution in [1.29, 1.82) is 0 Å². The average Bonchev–Trinajstić information content (AvgIpc) is 3.93. The summed E-state index contributed by atoms with van der Waals surface area (Å²) in [4.78, 5) is 144. The number of hydrogen-bond donors (Lipinski definition) is 6. The Morgan fingerprint density at radius 2 is 1.21 bits per heavy atom. The van der Waals surface area contributed by atoms with E-state index in [1.165, 1.54) is 21.6 Å². The molecule has 0 aromatic carbocycles. The Bertz CT molecular complexity index is 2020. The van der Waals surface area contributed by atoms with Gasteiger partial charge in [-0.05, 0) is 12.8 Å². The van der Waals surface area contributed by atoms with Gasteiger partial charge in [-0.3, -0.25) is 38.4 Å². The number of unbranched alkanes of at least 4 members (excludes halogenated alkanes) is 1. The Balaban J connectivity index is 0.00000748. The van der Waals surface area contributed by atoms with Crippen molar-refractivity contribution in [1.82, 2.24) is 42.0 Å². The molecule has 0 radical (unpaired) electrons. The number of hydrogen-bond acceptors (Lipinski definition) is 22. The molecule has 0 aromatic rings. The van der Waals surface area contributed by atoms with Gasteiger partial charge in [0.2, 0.25) is 11.8 Å². The third-order valence-electron chi connectivity index (χ3n) is 9.38. The predicted molar refractivity (Wildman–Crippen MR) is 216 cm³/mol. The van der Waals surface area contributed by atoms with Gasteiger partial charge in [0.1, 0.15) is 30.7 Å². The first-order chi connectivity index (χ1) is 30.1. The van der Waals surface area contributed by atoms with Crippen LogP contribution in [0.4, 0.5) is 4.79 Å². The summed E-state index contributed by atoms with van der Waals surface area (Å²) in [6.07, 6.45) is -1.23. The Hall–Kier alpha value is -2.76. The first-order valence-electron chi connectivity index (χ1n) is 19.2. The van der Waals surface area contributed by atoms with Crippen LogP contribution in [0.25, 0.3) is 0 Å². The topological polar surface area (TPSA) is 399 Å². The molecule has 4 rings (SSSR count). The Kier molecular flexibility index (Phi) is 24.7. The Morgan fingerprint density at radius 3 is 1.71 bits per heavy atom. The molecular formula is C32H42N8Na2O19S5. The van der Waals surface area contributed by atoms with E-state index >= 15 is 0 Å². The van der Waals surface area contributed by atoms with Crippen LogP contribution in [0.1, 0.15) is 57.8 Å². The maximum absolute atomic E-state index is 13.0. The molecule has 4 fully saturated rings. The van der Waals surface area contributed by atoms with Gasteiger partial charge in [-0.15, -0.1) is 10.1 Å². The third-order valence-corrected chi connectivity index (χ3v) is 15.4. The van der Waals surface area contributed by atoms with Crippen LogP contribution >= 0.6 is 33.3 Å². The van der Waals surface area contributed by atoms with E-state index in [2.05, 4.69) is 41.6 Å². The third kappa shape index (κ3) is 18.0. The molecule has 0 aliphatic carbocycles. The number of carbonyl (C=O) groups is 11. The van der Waals surface area contributed by atoms with Gasteiger partial charge >= 0.3 is 77.1 Å². The molecule has 4 aliphatic heterocycles. The van der Waals surface area contributed by atoms with Crippen LogP contribution in [0.3, 0.4) is 0 Å². The molecule has 0 spiro atoms. The van der Waals surface area contributed by atoms with Gasteiger partial charge in [-0.2, -0.15) is 11.8 Å². The van der Waals surface area contributed by atoms with Crippen molar-refractivity contribution in [3.8, 4) is 0 Å². The molecule has 34 heteroatoms. The number of urea groups is 1. The first kappa shape index (κ1) is 59.4. The van der Waals surface area contributed by atoms with Crippen LogP contribution in [0.5, 0.6) is 0 Å². The zero-order chi connectivity index (χ0) is 47.4. The molecule has 66 heavy (non-hydrogen) atoms. The van der Waals surface area contributed by atoms with E-state index in [-0.39, 0.29) is 105 Å². The van der Waals surface area contributed by atoms with E-state index in [9.17, 15) is 78.7 Å². The van der Waals surface area contributed by atoms with Crippen LogP contribution < -0.4 is 91.0 Å². The molecule has 0 bridgehead atoms. The second-order valence-corrected chi connectivity index (χ2v) is 21.1. The number of thioether (sulfide) groups is 1. The minimum absolute atomic E-state index is 0. The van der Waals surface area contributed by atoms with Gasteiger partial charge in [0, 0.05) is 55.0 Å². The molecule has 4 aliphatic rings. The molecular weight excluding hydrogens is 1010 g/mol. The molecule has 27 nitrogen and oxygen atoms in total. The van der Waals surface area contributed by atoms with E-state index < -0.39 is 129 Å². The number of carbonyl (C=O) groups excluding carboxylic acids is 11. The van der Waals surface area contributed by atoms with Gasteiger partial charge in [-0.25, -0.2) is 31.2 Å². The summed E-state index contributed by atoms with van der Waals surface area (Å²) in [5.41, 5.74) is 0. The normalized spacial score (nSPS) is 21.7.